The largest absolute Gasteiger partial charge is 0.370 e. The number of hydrogen-bond acceptors (Lipinski definition) is 3. The lowest BCUT2D eigenvalue weighted by molar-refractivity contribution is -0.127. The van der Waals surface area contributed by atoms with Crippen LogP contribution in [0.2, 0.25) is 0 Å². The molecule has 1 saturated carbocycles. The maximum absolute atomic E-state index is 12.4. The van der Waals surface area contributed by atoms with E-state index in [1.54, 1.807) is 0 Å². The quantitative estimate of drug-likeness (QED) is 0.537. The Morgan fingerprint density at radius 1 is 1.45 bits per heavy atom. The first kappa shape index (κ1) is 14.9. The molecule has 0 aromatic rings. The summed E-state index contributed by atoms with van der Waals surface area (Å²) in [6.45, 7) is 0. The molecule has 2 aliphatic carbocycles. The van der Waals surface area contributed by atoms with Crippen molar-refractivity contribution < 1.29 is 4.79 Å². The van der Waals surface area contributed by atoms with Gasteiger partial charge in [-0.2, -0.15) is 4.99 Å². The molecule has 0 aromatic heterocycles. The average molecular weight is 295 g/mol. The maximum atomic E-state index is 12.4. The number of thioether (sulfide) groups is 1. The third-order valence-electron chi connectivity index (χ3n) is 3.32. The molecule has 7 heteroatoms. The number of rotatable bonds is 4. The predicted molar refractivity (Wildman–Crippen MR) is 82.4 cm³/mol. The zero-order valence-corrected chi connectivity index (χ0v) is 12.3. The van der Waals surface area contributed by atoms with Gasteiger partial charge in [0.15, 0.2) is 11.1 Å². The number of carbonyl (C=O) groups excluding carboxylic acids is 1. The van der Waals surface area contributed by atoms with Crippen molar-refractivity contribution in [2.45, 2.75) is 44.6 Å². The molecule has 0 bridgehead atoms. The van der Waals surface area contributed by atoms with Crippen LogP contribution in [0.25, 0.3) is 0 Å². The normalized spacial score (nSPS) is 18.1. The van der Waals surface area contributed by atoms with Gasteiger partial charge < -0.3 is 16.4 Å². The van der Waals surface area contributed by atoms with Crippen molar-refractivity contribution >= 4 is 28.8 Å². The van der Waals surface area contributed by atoms with Crippen molar-refractivity contribution in [1.29, 1.82) is 5.41 Å². The Morgan fingerprint density at radius 3 is 2.75 bits per heavy atom. The van der Waals surface area contributed by atoms with Crippen LogP contribution < -0.4 is 11.5 Å². The van der Waals surface area contributed by atoms with E-state index in [2.05, 4.69) is 11.1 Å². The number of nitrogens with zero attached hydrogens (tertiary/aromatic N) is 2. The first-order valence-corrected chi connectivity index (χ1v) is 7.88. The number of guanidine groups is 1. The summed E-state index contributed by atoms with van der Waals surface area (Å²) in [7, 11) is 0. The summed E-state index contributed by atoms with van der Waals surface area (Å²) in [6.07, 6.45) is 8.75. The molecule has 6 nitrogen and oxygen atoms in total. The molecule has 20 heavy (non-hydrogen) atoms. The summed E-state index contributed by atoms with van der Waals surface area (Å²) < 4.78 is 0. The third-order valence-corrected chi connectivity index (χ3v) is 4.08. The topological polar surface area (TPSA) is 109 Å². The van der Waals surface area contributed by atoms with Crippen LogP contribution >= 0.6 is 11.8 Å². The summed E-state index contributed by atoms with van der Waals surface area (Å²) >= 11 is 1.07. The van der Waals surface area contributed by atoms with Crippen LogP contribution in [0.4, 0.5) is 0 Å². The number of aliphatic imine (C=N–C) groups is 1. The van der Waals surface area contributed by atoms with E-state index in [0.717, 1.165) is 49.6 Å². The first-order chi connectivity index (χ1) is 9.58. The summed E-state index contributed by atoms with van der Waals surface area (Å²) in [6, 6.07) is 0.365. The highest BCUT2D eigenvalue weighted by Crippen LogP contribution is 2.34. The minimum atomic E-state index is -0.149. The molecule has 0 saturated heterocycles. The van der Waals surface area contributed by atoms with Gasteiger partial charge in [-0.15, -0.1) is 0 Å². The van der Waals surface area contributed by atoms with Crippen LogP contribution in [0.5, 0.6) is 0 Å². The molecule has 0 aromatic carbocycles. The molecular formula is C13H21N5OS. The number of carbonyl (C=O) groups is 1. The highest BCUT2D eigenvalue weighted by Gasteiger charge is 2.34. The van der Waals surface area contributed by atoms with E-state index in [1.807, 2.05) is 4.90 Å². The van der Waals surface area contributed by atoms with Gasteiger partial charge in [-0.25, -0.2) is 0 Å². The number of amides is 1. The molecule has 5 N–H and O–H groups in total. The van der Waals surface area contributed by atoms with Crippen LogP contribution in [-0.2, 0) is 4.79 Å². The summed E-state index contributed by atoms with van der Waals surface area (Å²) in [5.41, 5.74) is 11.6. The van der Waals surface area contributed by atoms with Gasteiger partial charge in [-0.05, 0) is 38.5 Å². The zero-order valence-electron chi connectivity index (χ0n) is 11.5. The minimum Gasteiger partial charge on any atom is -0.370 e. The van der Waals surface area contributed by atoms with E-state index in [-0.39, 0.29) is 22.8 Å². The SMILES string of the molecule is N=C(N=C(N)N)SCC(=O)N(C1=CCCCC1)C1CC1. The highest BCUT2D eigenvalue weighted by molar-refractivity contribution is 8.14. The van der Waals surface area contributed by atoms with Gasteiger partial charge >= 0.3 is 0 Å². The molecule has 1 fully saturated rings. The van der Waals surface area contributed by atoms with E-state index in [0.29, 0.717) is 6.04 Å². The Balaban J connectivity index is 1.92. The number of hydrogen-bond donors (Lipinski definition) is 3. The molecule has 2 aliphatic rings. The van der Waals surface area contributed by atoms with E-state index < -0.39 is 0 Å². The Morgan fingerprint density at radius 2 is 2.20 bits per heavy atom. The number of nitrogens with one attached hydrogen (secondary N) is 1. The van der Waals surface area contributed by atoms with Gasteiger partial charge in [0.1, 0.15) is 0 Å². The van der Waals surface area contributed by atoms with E-state index in [4.69, 9.17) is 16.9 Å². The van der Waals surface area contributed by atoms with Crippen molar-refractivity contribution in [2.24, 2.45) is 16.5 Å². The average Bonchev–Trinajstić information content (AvgIpc) is 3.22. The molecule has 110 valence electrons. The minimum absolute atomic E-state index is 0.0216. The van der Waals surface area contributed by atoms with Gasteiger partial charge in [0.25, 0.3) is 0 Å². The summed E-state index contributed by atoms with van der Waals surface area (Å²) in [4.78, 5) is 17.9. The number of nitrogens with two attached hydrogens (primary N) is 2. The molecule has 0 radical (unpaired) electrons. The van der Waals surface area contributed by atoms with E-state index in [1.165, 1.54) is 6.42 Å². The molecule has 0 aliphatic heterocycles. The van der Waals surface area contributed by atoms with Crippen LogP contribution in [-0.4, -0.2) is 33.7 Å². The molecule has 0 spiro atoms. The van der Waals surface area contributed by atoms with Crippen molar-refractivity contribution in [3.05, 3.63) is 11.8 Å². The van der Waals surface area contributed by atoms with Gasteiger partial charge in [0.05, 0.1) is 5.75 Å². The van der Waals surface area contributed by atoms with E-state index >= 15 is 0 Å². The van der Waals surface area contributed by atoms with Crippen molar-refractivity contribution in [3.63, 3.8) is 0 Å². The lowest BCUT2D eigenvalue weighted by Gasteiger charge is -2.27. The Hall–Kier alpha value is -1.50. The zero-order chi connectivity index (χ0) is 14.5. The molecule has 0 unspecified atom stereocenters. The fourth-order valence-corrected chi connectivity index (χ4v) is 2.89. The van der Waals surface area contributed by atoms with Crippen LogP contribution in [0.3, 0.4) is 0 Å². The maximum Gasteiger partial charge on any atom is 0.237 e. The standard InChI is InChI=1S/C13H21N5OS/c14-12(15)17-13(16)20-8-11(19)18(10-6-7-10)9-4-2-1-3-5-9/h4,10H,1-3,5-8H2,(H5,14,15,16,17). The lowest BCUT2D eigenvalue weighted by Crippen LogP contribution is -2.34. The molecular weight excluding hydrogens is 274 g/mol. The van der Waals surface area contributed by atoms with Gasteiger partial charge in [-0.1, -0.05) is 17.8 Å². The van der Waals surface area contributed by atoms with Crippen LogP contribution in [0.15, 0.2) is 16.8 Å². The number of amidine groups is 1. The molecule has 2 rings (SSSR count). The van der Waals surface area contributed by atoms with Crippen LogP contribution in [0, 0.1) is 5.41 Å². The second-order valence-electron chi connectivity index (χ2n) is 5.07. The molecule has 0 atom stereocenters. The molecule has 1 amide bonds. The van der Waals surface area contributed by atoms with Gasteiger partial charge in [0, 0.05) is 11.7 Å². The first-order valence-electron chi connectivity index (χ1n) is 6.90. The smallest absolute Gasteiger partial charge is 0.237 e. The van der Waals surface area contributed by atoms with E-state index in [9.17, 15) is 4.79 Å². The Labute approximate surface area is 123 Å². The lowest BCUT2D eigenvalue weighted by atomic mass is 10.0. The predicted octanol–water partition coefficient (Wildman–Crippen LogP) is 1.38. The van der Waals surface area contributed by atoms with Gasteiger partial charge in [0.2, 0.25) is 5.91 Å². The summed E-state index contributed by atoms with van der Waals surface area (Å²) in [5.74, 6) is 0.119. The second-order valence-corrected chi connectivity index (χ2v) is 6.03. The highest BCUT2D eigenvalue weighted by atomic mass is 32.2. The monoisotopic (exact) mass is 295 g/mol. The fraction of sp³-hybridized carbons (Fsp3) is 0.615. The Kier molecular flexibility index (Phi) is 5.05. The molecule has 0 heterocycles. The fourth-order valence-electron chi connectivity index (χ4n) is 2.32. The van der Waals surface area contributed by atoms with Crippen LogP contribution in [0.1, 0.15) is 38.5 Å². The Bertz CT molecular complexity index is 452. The summed E-state index contributed by atoms with van der Waals surface area (Å²) in [5, 5.41) is 7.53. The second kappa shape index (κ2) is 6.78. The number of allylic oxidation sites excluding steroid dienone is 2. The van der Waals surface area contributed by atoms with Gasteiger partial charge in [-0.3, -0.25) is 10.2 Å². The third kappa shape index (κ3) is 4.26. The van der Waals surface area contributed by atoms with Crippen molar-refractivity contribution in [2.75, 3.05) is 5.75 Å². The van der Waals surface area contributed by atoms with Crippen molar-refractivity contribution in [1.82, 2.24) is 4.90 Å². The van der Waals surface area contributed by atoms with Crippen molar-refractivity contribution in [3.8, 4) is 0 Å².